The van der Waals surface area contributed by atoms with Crippen LogP contribution in [0.4, 0.5) is 5.69 Å². The Morgan fingerprint density at radius 1 is 1.29 bits per heavy atom. The molecule has 1 fully saturated rings. The molecule has 1 aromatic rings. The quantitative estimate of drug-likeness (QED) is 0.847. The third kappa shape index (κ3) is 3.42. The van der Waals surface area contributed by atoms with Gasteiger partial charge in [-0.15, -0.1) is 0 Å². The molecule has 5 heteroatoms. The lowest BCUT2D eigenvalue weighted by atomic mass is 9.77. The first kappa shape index (κ1) is 15.5. The molecule has 1 amide bonds. The normalized spacial score (nSPS) is 16.0. The summed E-state index contributed by atoms with van der Waals surface area (Å²) in [7, 11) is 2.96. The van der Waals surface area contributed by atoms with Gasteiger partial charge in [-0.2, -0.15) is 0 Å². The van der Waals surface area contributed by atoms with Crippen LogP contribution in [0.15, 0.2) is 18.2 Å². The Kier molecular flexibility index (Phi) is 4.63. The third-order valence-corrected chi connectivity index (χ3v) is 4.03. The van der Waals surface area contributed by atoms with Crippen LogP contribution in [0.2, 0.25) is 0 Å². The molecule has 0 bridgehead atoms. The number of nitrogens with one attached hydrogen (secondary N) is 1. The summed E-state index contributed by atoms with van der Waals surface area (Å²) in [4.78, 5) is 24.0. The summed E-state index contributed by atoms with van der Waals surface area (Å²) in [5.74, 6) is -0.607. The molecule has 0 heterocycles. The Balaban J connectivity index is 2.12. The molecule has 0 aromatic heterocycles. The minimum atomic E-state index is -0.459. The van der Waals surface area contributed by atoms with Gasteiger partial charge in [-0.3, -0.25) is 4.79 Å². The zero-order valence-corrected chi connectivity index (χ0v) is 12.7. The van der Waals surface area contributed by atoms with Crippen LogP contribution in [0.25, 0.3) is 0 Å². The molecule has 0 unspecified atom stereocenters. The van der Waals surface area contributed by atoms with E-state index in [4.69, 9.17) is 9.47 Å². The maximum atomic E-state index is 12.2. The number of esters is 1. The molecule has 5 nitrogen and oxygen atoms in total. The Morgan fingerprint density at radius 3 is 2.52 bits per heavy atom. The van der Waals surface area contributed by atoms with Crippen LogP contribution in [0, 0.1) is 6.92 Å². The number of rotatable bonds is 5. The molecule has 1 N–H and O–H groups in total. The number of anilines is 1. The van der Waals surface area contributed by atoms with E-state index in [1.54, 1.807) is 19.2 Å². The molecule has 0 atom stereocenters. The maximum Gasteiger partial charge on any atom is 0.339 e. The standard InChI is InChI=1S/C16H21NO4/c1-11-5-6-13(12(9-11)15(19)20-2)17-14(18)10-16(21-3)7-4-8-16/h5-6,9H,4,7-8,10H2,1-3H3,(H,17,18). The molecule has 0 saturated heterocycles. The van der Waals surface area contributed by atoms with Gasteiger partial charge < -0.3 is 14.8 Å². The van der Waals surface area contributed by atoms with Crippen molar-refractivity contribution in [2.24, 2.45) is 0 Å². The highest BCUT2D eigenvalue weighted by atomic mass is 16.5. The smallest absolute Gasteiger partial charge is 0.339 e. The number of benzene rings is 1. The lowest BCUT2D eigenvalue weighted by molar-refractivity contribution is -0.129. The van der Waals surface area contributed by atoms with Crippen LogP contribution in [0.1, 0.15) is 41.6 Å². The van der Waals surface area contributed by atoms with Gasteiger partial charge in [-0.1, -0.05) is 11.6 Å². The molecule has 1 aliphatic rings. The van der Waals surface area contributed by atoms with Crippen LogP contribution in [-0.2, 0) is 14.3 Å². The van der Waals surface area contributed by atoms with Crippen molar-refractivity contribution in [1.29, 1.82) is 0 Å². The molecule has 0 radical (unpaired) electrons. The minimum absolute atomic E-state index is 0.148. The second-order valence-corrected chi connectivity index (χ2v) is 5.51. The van der Waals surface area contributed by atoms with E-state index in [1.165, 1.54) is 7.11 Å². The molecular formula is C16H21NO4. The van der Waals surface area contributed by atoms with E-state index < -0.39 is 5.97 Å². The number of carbonyl (C=O) groups excluding carboxylic acids is 2. The second kappa shape index (κ2) is 6.26. The lowest BCUT2D eigenvalue weighted by Crippen LogP contribution is -2.42. The highest BCUT2D eigenvalue weighted by molar-refractivity contribution is 6.01. The minimum Gasteiger partial charge on any atom is -0.465 e. The summed E-state index contributed by atoms with van der Waals surface area (Å²) < 4.78 is 10.2. The van der Waals surface area contributed by atoms with E-state index in [-0.39, 0.29) is 11.5 Å². The van der Waals surface area contributed by atoms with E-state index in [2.05, 4.69) is 5.32 Å². The van der Waals surface area contributed by atoms with Crippen molar-refractivity contribution in [2.75, 3.05) is 19.5 Å². The number of aryl methyl sites for hydroxylation is 1. The Labute approximate surface area is 124 Å². The van der Waals surface area contributed by atoms with E-state index in [9.17, 15) is 9.59 Å². The Bertz CT molecular complexity index is 544. The number of amides is 1. The van der Waals surface area contributed by atoms with Crippen LogP contribution in [-0.4, -0.2) is 31.7 Å². The highest BCUT2D eigenvalue weighted by Crippen LogP contribution is 2.38. The van der Waals surface area contributed by atoms with Crippen molar-refractivity contribution >= 4 is 17.6 Å². The predicted molar refractivity (Wildman–Crippen MR) is 79.4 cm³/mol. The van der Waals surface area contributed by atoms with Gasteiger partial charge in [-0.05, 0) is 38.3 Å². The number of hydrogen-bond donors (Lipinski definition) is 1. The summed E-state index contributed by atoms with van der Waals surface area (Å²) in [6.45, 7) is 1.88. The first-order valence-electron chi connectivity index (χ1n) is 7.04. The van der Waals surface area contributed by atoms with Gasteiger partial charge in [0.1, 0.15) is 0 Å². The largest absolute Gasteiger partial charge is 0.465 e. The number of hydrogen-bond acceptors (Lipinski definition) is 4. The molecular weight excluding hydrogens is 270 g/mol. The molecule has 1 aromatic carbocycles. The third-order valence-electron chi connectivity index (χ3n) is 4.03. The van der Waals surface area contributed by atoms with Crippen molar-refractivity contribution < 1.29 is 19.1 Å². The van der Waals surface area contributed by atoms with Gasteiger partial charge >= 0.3 is 5.97 Å². The molecule has 2 rings (SSSR count). The fourth-order valence-electron chi connectivity index (χ4n) is 2.56. The first-order chi connectivity index (χ1) is 9.99. The summed E-state index contributed by atoms with van der Waals surface area (Å²) >= 11 is 0. The summed E-state index contributed by atoms with van der Waals surface area (Å²) in [6, 6.07) is 5.27. The van der Waals surface area contributed by atoms with Gasteiger partial charge in [0.2, 0.25) is 5.91 Å². The fraction of sp³-hybridized carbons (Fsp3) is 0.500. The maximum absolute atomic E-state index is 12.2. The number of ether oxygens (including phenoxy) is 2. The molecule has 0 spiro atoms. The Morgan fingerprint density at radius 2 is 2.00 bits per heavy atom. The van der Waals surface area contributed by atoms with Gasteiger partial charge in [0.25, 0.3) is 0 Å². The first-order valence-corrected chi connectivity index (χ1v) is 7.04. The zero-order valence-electron chi connectivity index (χ0n) is 12.7. The van der Waals surface area contributed by atoms with Crippen molar-refractivity contribution in [3.8, 4) is 0 Å². The van der Waals surface area contributed by atoms with Gasteiger partial charge in [0.05, 0.1) is 30.4 Å². The SMILES string of the molecule is COC(=O)c1cc(C)ccc1NC(=O)CC1(OC)CCC1. The van der Waals surface area contributed by atoms with Gasteiger partial charge in [0, 0.05) is 7.11 Å². The van der Waals surface area contributed by atoms with Gasteiger partial charge in [-0.25, -0.2) is 4.79 Å². The predicted octanol–water partition coefficient (Wildman–Crippen LogP) is 2.68. The van der Waals surface area contributed by atoms with E-state index in [0.29, 0.717) is 17.7 Å². The van der Waals surface area contributed by atoms with Crippen molar-refractivity contribution in [3.05, 3.63) is 29.3 Å². The number of carbonyl (C=O) groups is 2. The Hall–Kier alpha value is -1.88. The van der Waals surface area contributed by atoms with Crippen molar-refractivity contribution in [1.82, 2.24) is 0 Å². The van der Waals surface area contributed by atoms with Gasteiger partial charge in [0.15, 0.2) is 0 Å². The van der Waals surface area contributed by atoms with Crippen molar-refractivity contribution in [3.63, 3.8) is 0 Å². The van der Waals surface area contributed by atoms with Crippen LogP contribution < -0.4 is 5.32 Å². The van der Waals surface area contributed by atoms with Crippen LogP contribution in [0.5, 0.6) is 0 Å². The highest BCUT2D eigenvalue weighted by Gasteiger charge is 2.39. The zero-order chi connectivity index (χ0) is 15.5. The second-order valence-electron chi connectivity index (χ2n) is 5.51. The topological polar surface area (TPSA) is 64.6 Å². The fourth-order valence-corrected chi connectivity index (χ4v) is 2.56. The molecule has 1 aliphatic carbocycles. The molecule has 21 heavy (non-hydrogen) atoms. The average Bonchev–Trinajstić information content (AvgIpc) is 2.44. The average molecular weight is 291 g/mol. The van der Waals surface area contributed by atoms with Crippen LogP contribution in [0.3, 0.4) is 0 Å². The van der Waals surface area contributed by atoms with E-state index >= 15 is 0 Å². The lowest BCUT2D eigenvalue weighted by Gasteiger charge is -2.39. The van der Waals surface area contributed by atoms with Crippen LogP contribution >= 0.6 is 0 Å². The molecule has 0 aliphatic heterocycles. The van der Waals surface area contributed by atoms with E-state index in [0.717, 1.165) is 24.8 Å². The number of methoxy groups -OCH3 is 2. The summed E-state index contributed by atoms with van der Waals surface area (Å²) in [5, 5.41) is 2.79. The van der Waals surface area contributed by atoms with Crippen molar-refractivity contribution in [2.45, 2.75) is 38.2 Å². The monoisotopic (exact) mass is 291 g/mol. The molecule has 114 valence electrons. The summed E-state index contributed by atoms with van der Waals surface area (Å²) in [5.41, 5.74) is 1.44. The molecule has 1 saturated carbocycles. The summed E-state index contributed by atoms with van der Waals surface area (Å²) in [6.07, 6.45) is 3.18. The van der Waals surface area contributed by atoms with E-state index in [1.807, 2.05) is 13.0 Å².